The zero-order chi connectivity index (χ0) is 19.1. The second-order valence-electron chi connectivity index (χ2n) is 5.99. The van der Waals surface area contributed by atoms with E-state index >= 15 is 0 Å². The van der Waals surface area contributed by atoms with Gasteiger partial charge in [-0.15, -0.1) is 0 Å². The highest BCUT2D eigenvalue weighted by atomic mass is 35.5. The lowest BCUT2D eigenvalue weighted by Crippen LogP contribution is -2.47. The minimum Gasteiger partial charge on any atom is -0.449 e. The third kappa shape index (κ3) is 6.04. The second kappa shape index (κ2) is 9.59. The number of rotatable bonds is 5. The Balaban J connectivity index is 1.82. The van der Waals surface area contributed by atoms with Gasteiger partial charge in [-0.1, -0.05) is 42.1 Å². The lowest BCUT2D eigenvalue weighted by Gasteiger charge is -2.15. The molecular formula is C18H20Cl2N2O4. The molecule has 2 rings (SSSR count). The number of carbonyl (C=O) groups is 3. The summed E-state index contributed by atoms with van der Waals surface area (Å²) in [5.41, 5.74) is 0.473. The number of amides is 3. The van der Waals surface area contributed by atoms with Crippen molar-refractivity contribution >= 4 is 47.2 Å². The molecule has 3 amide bonds. The van der Waals surface area contributed by atoms with Gasteiger partial charge in [0.15, 0.2) is 6.10 Å². The van der Waals surface area contributed by atoms with E-state index in [1.165, 1.54) is 13.0 Å². The molecule has 2 N–H and O–H groups in total. The molecule has 1 saturated carbocycles. The Kier molecular flexibility index (Phi) is 7.48. The lowest BCUT2D eigenvalue weighted by atomic mass is 10.2. The van der Waals surface area contributed by atoms with Gasteiger partial charge in [0, 0.05) is 27.7 Å². The van der Waals surface area contributed by atoms with Crippen molar-refractivity contribution in [1.82, 2.24) is 10.6 Å². The van der Waals surface area contributed by atoms with E-state index in [0.717, 1.165) is 31.8 Å². The Morgan fingerprint density at radius 1 is 1.19 bits per heavy atom. The predicted molar refractivity (Wildman–Crippen MR) is 100.0 cm³/mol. The number of nitrogens with one attached hydrogen (secondary N) is 2. The van der Waals surface area contributed by atoms with Crippen LogP contribution in [0.1, 0.15) is 38.2 Å². The van der Waals surface area contributed by atoms with Gasteiger partial charge in [0.1, 0.15) is 0 Å². The molecule has 1 aliphatic rings. The van der Waals surface area contributed by atoms with Crippen molar-refractivity contribution < 1.29 is 19.1 Å². The molecule has 26 heavy (non-hydrogen) atoms. The number of benzene rings is 1. The molecule has 0 unspecified atom stereocenters. The highest BCUT2D eigenvalue weighted by Gasteiger charge is 2.22. The highest BCUT2D eigenvalue weighted by Crippen LogP contribution is 2.25. The average Bonchev–Trinajstić information content (AvgIpc) is 3.07. The van der Waals surface area contributed by atoms with Gasteiger partial charge >= 0.3 is 12.0 Å². The molecule has 0 bridgehead atoms. The van der Waals surface area contributed by atoms with E-state index in [1.54, 1.807) is 18.2 Å². The number of hydrogen-bond donors (Lipinski definition) is 2. The first kappa shape index (κ1) is 20.3. The van der Waals surface area contributed by atoms with E-state index in [-0.39, 0.29) is 6.04 Å². The molecule has 1 fully saturated rings. The van der Waals surface area contributed by atoms with Crippen LogP contribution in [0.5, 0.6) is 0 Å². The molecule has 6 nitrogen and oxygen atoms in total. The molecule has 0 saturated heterocycles. The van der Waals surface area contributed by atoms with Crippen molar-refractivity contribution in [3.05, 3.63) is 39.9 Å². The van der Waals surface area contributed by atoms with Crippen LogP contribution >= 0.6 is 23.2 Å². The van der Waals surface area contributed by atoms with Gasteiger partial charge < -0.3 is 10.1 Å². The summed E-state index contributed by atoms with van der Waals surface area (Å²) in [6, 6.07) is 4.46. The Labute approximate surface area is 161 Å². The average molecular weight is 399 g/mol. The maximum absolute atomic E-state index is 11.9. The van der Waals surface area contributed by atoms with E-state index in [9.17, 15) is 14.4 Å². The molecule has 1 aromatic rings. The maximum Gasteiger partial charge on any atom is 0.331 e. The van der Waals surface area contributed by atoms with E-state index in [1.807, 2.05) is 0 Å². The van der Waals surface area contributed by atoms with Crippen molar-refractivity contribution in [2.24, 2.45) is 0 Å². The molecule has 8 heteroatoms. The van der Waals surface area contributed by atoms with Crippen LogP contribution in [0.2, 0.25) is 10.0 Å². The largest absolute Gasteiger partial charge is 0.449 e. The van der Waals surface area contributed by atoms with E-state index in [2.05, 4.69) is 10.6 Å². The summed E-state index contributed by atoms with van der Waals surface area (Å²) in [4.78, 5) is 35.5. The van der Waals surface area contributed by atoms with E-state index < -0.39 is 24.0 Å². The lowest BCUT2D eigenvalue weighted by molar-refractivity contribution is -0.149. The van der Waals surface area contributed by atoms with Gasteiger partial charge in [-0.25, -0.2) is 9.59 Å². The number of imide groups is 1. The van der Waals surface area contributed by atoms with Gasteiger partial charge in [-0.2, -0.15) is 0 Å². The SMILES string of the molecule is C[C@@H](OC(=O)/C=C/c1c(Cl)cccc1Cl)C(=O)NC(=O)NC1CCCC1. The molecule has 1 aromatic carbocycles. The fraction of sp³-hybridized carbons (Fsp3) is 0.389. The third-order valence-electron chi connectivity index (χ3n) is 3.98. The van der Waals surface area contributed by atoms with Gasteiger partial charge in [0.2, 0.25) is 0 Å². The van der Waals surface area contributed by atoms with Crippen LogP contribution in [0.25, 0.3) is 6.08 Å². The summed E-state index contributed by atoms with van der Waals surface area (Å²) in [5, 5.41) is 5.66. The van der Waals surface area contributed by atoms with Gasteiger partial charge in [0.05, 0.1) is 0 Å². The molecule has 1 aliphatic carbocycles. The summed E-state index contributed by atoms with van der Waals surface area (Å²) in [7, 11) is 0. The van der Waals surface area contributed by atoms with Crippen LogP contribution in [0.3, 0.4) is 0 Å². The van der Waals surface area contributed by atoms with Crippen LogP contribution in [0.4, 0.5) is 4.79 Å². The van der Waals surface area contributed by atoms with Crippen molar-refractivity contribution in [3.8, 4) is 0 Å². The van der Waals surface area contributed by atoms with Crippen LogP contribution in [-0.2, 0) is 14.3 Å². The first-order valence-corrected chi connectivity index (χ1v) is 9.06. The fourth-order valence-electron chi connectivity index (χ4n) is 2.59. The van der Waals surface area contributed by atoms with Crippen molar-refractivity contribution in [2.75, 3.05) is 0 Å². The zero-order valence-electron chi connectivity index (χ0n) is 14.3. The van der Waals surface area contributed by atoms with Crippen LogP contribution < -0.4 is 10.6 Å². The summed E-state index contributed by atoms with van der Waals surface area (Å²) in [6.45, 7) is 1.38. The Hall–Kier alpha value is -2.05. The van der Waals surface area contributed by atoms with Crippen molar-refractivity contribution in [1.29, 1.82) is 0 Å². The molecule has 0 spiro atoms. The fourth-order valence-corrected chi connectivity index (χ4v) is 3.12. The standard InChI is InChI=1S/C18H20Cl2N2O4/c1-11(17(24)22-18(25)21-12-5-2-3-6-12)26-16(23)10-9-13-14(19)7-4-8-15(13)20/h4,7-12H,2-3,5-6H2,1H3,(H2,21,22,24,25)/b10-9+/t11-/m1/s1. The number of esters is 1. The van der Waals surface area contributed by atoms with Gasteiger partial charge in [0.25, 0.3) is 5.91 Å². The Morgan fingerprint density at radius 3 is 2.42 bits per heavy atom. The predicted octanol–water partition coefficient (Wildman–Crippen LogP) is 3.71. The minimum atomic E-state index is -1.12. The number of urea groups is 1. The summed E-state index contributed by atoms with van der Waals surface area (Å²) in [5.74, 6) is -1.45. The number of hydrogen-bond acceptors (Lipinski definition) is 4. The topological polar surface area (TPSA) is 84.5 Å². The maximum atomic E-state index is 11.9. The first-order valence-electron chi connectivity index (χ1n) is 8.31. The van der Waals surface area contributed by atoms with E-state index in [0.29, 0.717) is 15.6 Å². The summed E-state index contributed by atoms with van der Waals surface area (Å²) in [6.07, 6.45) is 5.34. The van der Waals surface area contributed by atoms with Gasteiger partial charge in [-0.05, 0) is 38.0 Å². The molecule has 140 valence electrons. The normalized spacial score (nSPS) is 15.7. The molecule has 1 atom stereocenters. The van der Waals surface area contributed by atoms with Crippen molar-refractivity contribution in [3.63, 3.8) is 0 Å². The highest BCUT2D eigenvalue weighted by molar-refractivity contribution is 6.37. The minimum absolute atomic E-state index is 0.0870. The van der Waals surface area contributed by atoms with Crippen LogP contribution in [-0.4, -0.2) is 30.1 Å². The van der Waals surface area contributed by atoms with E-state index in [4.69, 9.17) is 27.9 Å². The molecule has 0 aliphatic heterocycles. The quantitative estimate of drug-likeness (QED) is 0.584. The van der Waals surface area contributed by atoms with Gasteiger partial charge in [-0.3, -0.25) is 10.1 Å². The Morgan fingerprint density at radius 2 is 1.81 bits per heavy atom. The Bertz CT molecular complexity index is 695. The monoisotopic (exact) mass is 398 g/mol. The molecule has 0 aromatic heterocycles. The summed E-state index contributed by atoms with van der Waals surface area (Å²) < 4.78 is 4.98. The second-order valence-corrected chi connectivity index (χ2v) is 6.81. The first-order chi connectivity index (χ1) is 12.4. The molecule has 0 radical (unpaired) electrons. The zero-order valence-corrected chi connectivity index (χ0v) is 15.8. The van der Waals surface area contributed by atoms with Crippen LogP contribution in [0, 0.1) is 0 Å². The number of ether oxygens (including phenoxy) is 1. The number of halogens is 2. The van der Waals surface area contributed by atoms with Crippen molar-refractivity contribution in [2.45, 2.75) is 44.8 Å². The molecular weight excluding hydrogens is 379 g/mol. The smallest absolute Gasteiger partial charge is 0.331 e. The van der Waals surface area contributed by atoms with Crippen LogP contribution in [0.15, 0.2) is 24.3 Å². The molecule has 0 heterocycles. The summed E-state index contributed by atoms with van der Waals surface area (Å²) >= 11 is 12.0. The third-order valence-corrected chi connectivity index (χ3v) is 4.63. The number of carbonyl (C=O) groups excluding carboxylic acids is 3.